The summed E-state index contributed by atoms with van der Waals surface area (Å²) in [6.45, 7) is 0. The number of halogens is 1. The quantitative estimate of drug-likeness (QED) is 0.746. The summed E-state index contributed by atoms with van der Waals surface area (Å²) in [7, 11) is 0. The molecule has 0 saturated carbocycles. The summed E-state index contributed by atoms with van der Waals surface area (Å²) in [5.41, 5.74) is 7.95. The Labute approximate surface area is 107 Å². The SMILES string of the molecule is Nc1nn(-c2ccccc2)c2ccc(Br)cc12. The topological polar surface area (TPSA) is 43.8 Å². The fourth-order valence-corrected chi connectivity index (χ4v) is 2.24. The van der Waals surface area contributed by atoms with Gasteiger partial charge in [0.25, 0.3) is 0 Å². The van der Waals surface area contributed by atoms with Gasteiger partial charge in [-0.15, -0.1) is 5.10 Å². The van der Waals surface area contributed by atoms with Crippen LogP contribution in [0.1, 0.15) is 0 Å². The number of anilines is 1. The number of para-hydroxylation sites is 1. The zero-order valence-corrected chi connectivity index (χ0v) is 10.6. The molecule has 0 fully saturated rings. The van der Waals surface area contributed by atoms with Gasteiger partial charge in [-0.05, 0) is 30.3 Å². The normalized spacial score (nSPS) is 10.9. The first-order valence-corrected chi connectivity index (χ1v) is 6.04. The van der Waals surface area contributed by atoms with E-state index in [1.165, 1.54) is 0 Å². The van der Waals surface area contributed by atoms with Crippen LogP contribution in [-0.4, -0.2) is 9.78 Å². The van der Waals surface area contributed by atoms with Crippen molar-refractivity contribution in [3.05, 3.63) is 53.0 Å². The summed E-state index contributed by atoms with van der Waals surface area (Å²) >= 11 is 3.44. The van der Waals surface area contributed by atoms with Crippen molar-refractivity contribution >= 4 is 32.7 Å². The third kappa shape index (κ3) is 1.70. The highest BCUT2D eigenvalue weighted by molar-refractivity contribution is 9.10. The molecule has 0 unspecified atom stereocenters. The summed E-state index contributed by atoms with van der Waals surface area (Å²) in [5.74, 6) is 0.546. The summed E-state index contributed by atoms with van der Waals surface area (Å²) in [6, 6.07) is 15.9. The van der Waals surface area contributed by atoms with Crippen LogP contribution in [-0.2, 0) is 0 Å². The molecular weight excluding hydrogens is 278 g/mol. The van der Waals surface area contributed by atoms with E-state index in [0.717, 1.165) is 21.1 Å². The maximum Gasteiger partial charge on any atom is 0.153 e. The van der Waals surface area contributed by atoms with Gasteiger partial charge in [0, 0.05) is 9.86 Å². The number of nitrogens with two attached hydrogens (primary N) is 1. The van der Waals surface area contributed by atoms with Gasteiger partial charge in [-0.25, -0.2) is 4.68 Å². The van der Waals surface area contributed by atoms with Gasteiger partial charge in [0.15, 0.2) is 5.82 Å². The van der Waals surface area contributed by atoms with Gasteiger partial charge in [0.1, 0.15) is 0 Å². The minimum absolute atomic E-state index is 0.546. The monoisotopic (exact) mass is 287 g/mol. The molecule has 3 aromatic rings. The van der Waals surface area contributed by atoms with E-state index in [9.17, 15) is 0 Å². The molecule has 1 heterocycles. The molecule has 0 aliphatic heterocycles. The van der Waals surface area contributed by atoms with Crippen LogP contribution >= 0.6 is 15.9 Å². The lowest BCUT2D eigenvalue weighted by atomic mass is 10.2. The average Bonchev–Trinajstić information content (AvgIpc) is 2.68. The highest BCUT2D eigenvalue weighted by Crippen LogP contribution is 2.26. The Hall–Kier alpha value is -1.81. The molecule has 0 amide bonds. The number of benzene rings is 2. The fourth-order valence-electron chi connectivity index (χ4n) is 1.88. The van der Waals surface area contributed by atoms with Crippen LogP contribution in [0.15, 0.2) is 53.0 Å². The van der Waals surface area contributed by atoms with E-state index in [1.807, 2.05) is 53.2 Å². The minimum Gasteiger partial charge on any atom is -0.382 e. The van der Waals surface area contributed by atoms with Crippen molar-refractivity contribution in [1.29, 1.82) is 0 Å². The largest absolute Gasteiger partial charge is 0.382 e. The van der Waals surface area contributed by atoms with Crippen LogP contribution < -0.4 is 5.73 Å². The van der Waals surface area contributed by atoms with E-state index in [4.69, 9.17) is 5.73 Å². The number of rotatable bonds is 1. The van der Waals surface area contributed by atoms with Crippen molar-refractivity contribution in [2.24, 2.45) is 0 Å². The standard InChI is InChI=1S/C13H10BrN3/c14-9-6-7-12-11(8-9)13(15)16-17(12)10-4-2-1-3-5-10/h1-8H,(H2,15,16). The minimum atomic E-state index is 0.546. The van der Waals surface area contributed by atoms with E-state index in [2.05, 4.69) is 21.0 Å². The first-order chi connectivity index (χ1) is 8.25. The Balaban J connectivity index is 2.32. The number of hydrogen-bond acceptors (Lipinski definition) is 2. The Morgan fingerprint density at radius 3 is 2.59 bits per heavy atom. The smallest absolute Gasteiger partial charge is 0.153 e. The molecule has 3 rings (SSSR count). The van der Waals surface area contributed by atoms with Crippen LogP contribution in [0.25, 0.3) is 16.6 Å². The summed E-state index contributed by atoms with van der Waals surface area (Å²) in [5, 5.41) is 5.34. The predicted molar refractivity (Wildman–Crippen MR) is 73.2 cm³/mol. The Morgan fingerprint density at radius 2 is 1.82 bits per heavy atom. The lowest BCUT2D eigenvalue weighted by Gasteiger charge is -2.02. The molecule has 3 nitrogen and oxygen atoms in total. The van der Waals surface area contributed by atoms with E-state index in [1.54, 1.807) is 0 Å². The van der Waals surface area contributed by atoms with Gasteiger partial charge in [-0.1, -0.05) is 34.1 Å². The molecule has 0 aliphatic rings. The second kappa shape index (κ2) is 3.89. The van der Waals surface area contributed by atoms with Gasteiger partial charge >= 0.3 is 0 Å². The van der Waals surface area contributed by atoms with Crippen LogP contribution in [0.3, 0.4) is 0 Å². The molecule has 17 heavy (non-hydrogen) atoms. The van der Waals surface area contributed by atoms with Crippen LogP contribution in [0.4, 0.5) is 5.82 Å². The van der Waals surface area contributed by atoms with Crippen molar-refractivity contribution in [3.63, 3.8) is 0 Å². The zero-order chi connectivity index (χ0) is 11.8. The van der Waals surface area contributed by atoms with Gasteiger partial charge in [-0.2, -0.15) is 0 Å². The van der Waals surface area contributed by atoms with Crippen molar-refractivity contribution < 1.29 is 0 Å². The zero-order valence-electron chi connectivity index (χ0n) is 8.97. The molecule has 2 N–H and O–H groups in total. The maximum atomic E-state index is 5.93. The van der Waals surface area contributed by atoms with E-state index in [0.29, 0.717) is 5.82 Å². The maximum absolute atomic E-state index is 5.93. The molecular formula is C13H10BrN3. The van der Waals surface area contributed by atoms with E-state index in [-0.39, 0.29) is 0 Å². The highest BCUT2D eigenvalue weighted by Gasteiger charge is 2.09. The molecule has 0 saturated heterocycles. The molecule has 0 bridgehead atoms. The van der Waals surface area contributed by atoms with Gasteiger partial charge in [0.2, 0.25) is 0 Å². The molecule has 2 aromatic carbocycles. The Morgan fingerprint density at radius 1 is 1.06 bits per heavy atom. The number of aromatic nitrogens is 2. The number of fused-ring (bicyclic) bond motifs is 1. The van der Waals surface area contributed by atoms with Crippen molar-refractivity contribution in [2.45, 2.75) is 0 Å². The van der Waals surface area contributed by atoms with Crippen molar-refractivity contribution in [3.8, 4) is 5.69 Å². The molecule has 4 heteroatoms. The average molecular weight is 288 g/mol. The van der Waals surface area contributed by atoms with E-state index >= 15 is 0 Å². The van der Waals surface area contributed by atoms with Gasteiger partial charge in [-0.3, -0.25) is 0 Å². The number of nitrogen functional groups attached to an aromatic ring is 1. The second-order valence-corrected chi connectivity index (χ2v) is 4.71. The van der Waals surface area contributed by atoms with Crippen molar-refractivity contribution in [2.75, 3.05) is 5.73 Å². The molecule has 0 atom stereocenters. The Kier molecular flexibility index (Phi) is 2.37. The van der Waals surface area contributed by atoms with Gasteiger partial charge < -0.3 is 5.73 Å². The van der Waals surface area contributed by atoms with Crippen LogP contribution in [0.2, 0.25) is 0 Å². The fraction of sp³-hybridized carbons (Fsp3) is 0. The first kappa shape index (κ1) is 10.4. The lowest BCUT2D eigenvalue weighted by molar-refractivity contribution is 0.917. The lowest BCUT2D eigenvalue weighted by Crippen LogP contribution is -1.96. The molecule has 0 spiro atoms. The Bertz CT molecular complexity index is 674. The van der Waals surface area contributed by atoms with Crippen LogP contribution in [0.5, 0.6) is 0 Å². The highest BCUT2D eigenvalue weighted by atomic mass is 79.9. The van der Waals surface area contributed by atoms with E-state index < -0.39 is 0 Å². The third-order valence-electron chi connectivity index (χ3n) is 2.67. The second-order valence-electron chi connectivity index (χ2n) is 3.79. The molecule has 1 aromatic heterocycles. The van der Waals surface area contributed by atoms with Crippen LogP contribution in [0, 0.1) is 0 Å². The number of nitrogens with zero attached hydrogens (tertiary/aromatic N) is 2. The molecule has 0 aliphatic carbocycles. The molecule has 84 valence electrons. The summed E-state index contributed by atoms with van der Waals surface area (Å²) in [4.78, 5) is 0. The van der Waals surface area contributed by atoms with Crippen molar-refractivity contribution in [1.82, 2.24) is 9.78 Å². The third-order valence-corrected chi connectivity index (χ3v) is 3.16. The van der Waals surface area contributed by atoms with Gasteiger partial charge in [0.05, 0.1) is 11.2 Å². The summed E-state index contributed by atoms with van der Waals surface area (Å²) in [6.07, 6.45) is 0. The summed E-state index contributed by atoms with van der Waals surface area (Å²) < 4.78 is 2.86. The molecule has 0 radical (unpaired) electrons. The predicted octanol–water partition coefficient (Wildman–Crippen LogP) is 3.37. The number of hydrogen-bond donors (Lipinski definition) is 1. The first-order valence-electron chi connectivity index (χ1n) is 5.25.